The van der Waals surface area contributed by atoms with E-state index in [0.717, 1.165) is 5.56 Å². The number of nitrogens with one attached hydrogen (secondary N) is 5. The van der Waals surface area contributed by atoms with Crippen LogP contribution in [0.15, 0.2) is 66.0 Å². The topological polar surface area (TPSA) is 169 Å². The number of pyridine rings is 1. The van der Waals surface area contributed by atoms with Crippen LogP contribution in [0.5, 0.6) is 0 Å². The number of amides is 3. The Bertz CT molecular complexity index is 1230. The number of carbonyl (C=O) groups excluding carboxylic acids is 3. The van der Waals surface area contributed by atoms with Crippen LogP contribution in [0.1, 0.15) is 41.9 Å². The molecule has 0 radical (unpaired) electrons. The number of aromatic nitrogens is 3. The van der Waals surface area contributed by atoms with Crippen molar-refractivity contribution >= 4 is 17.7 Å². The van der Waals surface area contributed by atoms with Crippen LogP contribution in [-0.2, 0) is 22.6 Å². The monoisotopic (exact) mass is 508 g/mol. The molecule has 0 aliphatic heterocycles. The highest BCUT2D eigenvalue weighted by molar-refractivity contribution is 5.96. The minimum atomic E-state index is -1.66. The number of hydrogen-bond acceptors (Lipinski definition) is 6. The van der Waals surface area contributed by atoms with Crippen molar-refractivity contribution in [2.24, 2.45) is 5.92 Å². The molecule has 2 aromatic heterocycles. The maximum absolute atomic E-state index is 13.3. The lowest BCUT2D eigenvalue weighted by atomic mass is 9.99. The minimum absolute atomic E-state index is 0.0485. The summed E-state index contributed by atoms with van der Waals surface area (Å²) in [5, 5.41) is 18.9. The van der Waals surface area contributed by atoms with E-state index in [1.807, 2.05) is 44.2 Å². The molecule has 3 atom stereocenters. The van der Waals surface area contributed by atoms with Crippen LogP contribution < -0.4 is 21.5 Å². The number of benzene rings is 1. The number of aliphatic hydroxyl groups is 1. The fourth-order valence-corrected chi connectivity index (χ4v) is 3.77. The molecule has 0 spiro atoms. The molecular weight excluding hydrogens is 476 g/mol. The zero-order valence-corrected chi connectivity index (χ0v) is 20.7. The van der Waals surface area contributed by atoms with Crippen LogP contribution >= 0.6 is 0 Å². The average molecular weight is 509 g/mol. The number of nitrogens with zero attached hydrogens (tertiary/aromatic N) is 1. The van der Waals surface area contributed by atoms with Gasteiger partial charge in [-0.1, -0.05) is 50.2 Å². The van der Waals surface area contributed by atoms with Crippen molar-refractivity contribution in [3.8, 4) is 0 Å². The number of imidazole rings is 1. The van der Waals surface area contributed by atoms with Crippen molar-refractivity contribution in [3.05, 3.63) is 88.4 Å². The van der Waals surface area contributed by atoms with E-state index in [1.165, 1.54) is 18.7 Å². The highest BCUT2D eigenvalue weighted by atomic mass is 16.3. The molecule has 0 saturated carbocycles. The standard InChI is InChI=1S/C26H32N6O5/c1-16(2)11-20(32-25(36)21-14-27-15-30-21)24(35)31-19(12-18-9-6-10-28-23(18)34)22(33)26(37)29-13-17-7-4-3-5-8-17/h3-10,14-16,19-20,22,33H,11-13H2,1-2H3,(H,27,30)(H,28,34)(H,29,37)(H,31,35)(H,32,36)/t19-,20-,22?/m0/s1. The Morgan fingerprint density at radius 3 is 2.41 bits per heavy atom. The zero-order chi connectivity index (χ0) is 26.8. The lowest BCUT2D eigenvalue weighted by Crippen LogP contribution is -2.56. The maximum Gasteiger partial charge on any atom is 0.269 e. The van der Waals surface area contributed by atoms with Gasteiger partial charge in [-0.25, -0.2) is 4.98 Å². The summed E-state index contributed by atoms with van der Waals surface area (Å²) in [6, 6.07) is 10.2. The average Bonchev–Trinajstić information content (AvgIpc) is 3.43. The molecule has 0 aliphatic rings. The maximum atomic E-state index is 13.3. The quantitative estimate of drug-likeness (QED) is 0.210. The first-order chi connectivity index (χ1) is 17.7. The van der Waals surface area contributed by atoms with Gasteiger partial charge >= 0.3 is 0 Å². The summed E-state index contributed by atoms with van der Waals surface area (Å²) < 4.78 is 0. The molecule has 11 nitrogen and oxygen atoms in total. The van der Waals surface area contributed by atoms with Gasteiger partial charge in [-0.2, -0.15) is 0 Å². The van der Waals surface area contributed by atoms with E-state index in [-0.39, 0.29) is 30.1 Å². The highest BCUT2D eigenvalue weighted by Gasteiger charge is 2.32. The molecule has 6 N–H and O–H groups in total. The van der Waals surface area contributed by atoms with Crippen LogP contribution in [0.2, 0.25) is 0 Å². The molecule has 2 heterocycles. The molecule has 3 amide bonds. The van der Waals surface area contributed by atoms with E-state index in [4.69, 9.17) is 0 Å². The molecule has 0 saturated heterocycles. The van der Waals surface area contributed by atoms with E-state index in [1.54, 1.807) is 12.1 Å². The third-order valence-corrected chi connectivity index (χ3v) is 5.70. The number of rotatable bonds is 12. The van der Waals surface area contributed by atoms with Crippen LogP contribution in [0.4, 0.5) is 0 Å². The van der Waals surface area contributed by atoms with Gasteiger partial charge < -0.3 is 31.0 Å². The van der Waals surface area contributed by atoms with Gasteiger partial charge in [0.05, 0.1) is 18.6 Å². The van der Waals surface area contributed by atoms with Crippen LogP contribution in [-0.4, -0.2) is 56.0 Å². The minimum Gasteiger partial charge on any atom is -0.381 e. The smallest absolute Gasteiger partial charge is 0.269 e. The van der Waals surface area contributed by atoms with Crippen LogP contribution in [0, 0.1) is 5.92 Å². The summed E-state index contributed by atoms with van der Waals surface area (Å²) in [4.78, 5) is 60.0. The third kappa shape index (κ3) is 8.14. The van der Waals surface area contributed by atoms with Gasteiger partial charge in [0.1, 0.15) is 11.7 Å². The van der Waals surface area contributed by atoms with Crippen LogP contribution in [0.3, 0.4) is 0 Å². The van der Waals surface area contributed by atoms with Gasteiger partial charge in [-0.3, -0.25) is 19.2 Å². The largest absolute Gasteiger partial charge is 0.381 e. The molecule has 3 rings (SSSR count). The summed E-state index contributed by atoms with van der Waals surface area (Å²) in [7, 11) is 0. The van der Waals surface area contributed by atoms with Gasteiger partial charge in [0.25, 0.3) is 17.4 Å². The van der Waals surface area contributed by atoms with Crippen molar-refractivity contribution in [1.82, 2.24) is 30.9 Å². The molecule has 1 unspecified atom stereocenters. The normalized spacial score (nSPS) is 13.4. The summed E-state index contributed by atoms with van der Waals surface area (Å²) in [5.74, 6) is -1.76. The Balaban J connectivity index is 1.77. The van der Waals surface area contributed by atoms with E-state index in [0.29, 0.717) is 6.42 Å². The summed E-state index contributed by atoms with van der Waals surface area (Å²) in [6.07, 6.45) is 2.70. The van der Waals surface area contributed by atoms with Gasteiger partial charge in [0.2, 0.25) is 5.91 Å². The van der Waals surface area contributed by atoms with Gasteiger partial charge in [0.15, 0.2) is 6.10 Å². The Morgan fingerprint density at radius 1 is 1.00 bits per heavy atom. The van der Waals surface area contributed by atoms with E-state index in [9.17, 15) is 24.3 Å². The fraction of sp³-hybridized carbons (Fsp3) is 0.346. The second kappa shape index (κ2) is 13.2. The zero-order valence-electron chi connectivity index (χ0n) is 20.7. The van der Waals surface area contributed by atoms with Crippen molar-refractivity contribution < 1.29 is 19.5 Å². The van der Waals surface area contributed by atoms with E-state index in [2.05, 4.69) is 30.9 Å². The predicted molar refractivity (Wildman–Crippen MR) is 136 cm³/mol. The number of aromatic amines is 2. The van der Waals surface area contributed by atoms with Gasteiger partial charge in [-0.15, -0.1) is 0 Å². The Hall–Kier alpha value is -4.25. The van der Waals surface area contributed by atoms with E-state index >= 15 is 0 Å². The predicted octanol–water partition coefficient (Wildman–Crippen LogP) is 0.647. The molecular formula is C26H32N6O5. The fourth-order valence-electron chi connectivity index (χ4n) is 3.77. The third-order valence-electron chi connectivity index (χ3n) is 5.70. The van der Waals surface area contributed by atoms with Crippen molar-refractivity contribution in [2.45, 2.75) is 51.4 Å². The van der Waals surface area contributed by atoms with Crippen molar-refractivity contribution in [2.75, 3.05) is 0 Å². The molecule has 0 fully saturated rings. The Labute approximate surface area is 214 Å². The Kier molecular flexibility index (Phi) is 9.73. The molecule has 37 heavy (non-hydrogen) atoms. The number of carbonyl (C=O) groups is 3. The Morgan fingerprint density at radius 2 is 1.76 bits per heavy atom. The molecule has 1 aromatic carbocycles. The number of aliphatic hydroxyl groups excluding tert-OH is 1. The lowest BCUT2D eigenvalue weighted by molar-refractivity contribution is -0.132. The summed E-state index contributed by atoms with van der Waals surface area (Å²) >= 11 is 0. The van der Waals surface area contributed by atoms with Crippen molar-refractivity contribution in [1.29, 1.82) is 0 Å². The van der Waals surface area contributed by atoms with Crippen LogP contribution in [0.25, 0.3) is 0 Å². The second-order valence-corrected chi connectivity index (χ2v) is 9.11. The number of hydrogen-bond donors (Lipinski definition) is 6. The molecule has 196 valence electrons. The second-order valence-electron chi connectivity index (χ2n) is 9.11. The molecule has 3 aromatic rings. The first-order valence-electron chi connectivity index (χ1n) is 12.0. The summed E-state index contributed by atoms with van der Waals surface area (Å²) in [6.45, 7) is 3.98. The summed E-state index contributed by atoms with van der Waals surface area (Å²) in [5.41, 5.74) is 0.908. The van der Waals surface area contributed by atoms with Crippen molar-refractivity contribution in [3.63, 3.8) is 0 Å². The molecule has 11 heteroatoms. The SMILES string of the molecule is CC(C)C[C@H](NC(=O)c1cnc[nH]1)C(=O)N[C@@H](Cc1ccc[nH]c1=O)C(O)C(=O)NCc1ccccc1. The van der Waals surface area contributed by atoms with Gasteiger partial charge in [0, 0.05) is 24.7 Å². The van der Waals surface area contributed by atoms with Gasteiger partial charge in [-0.05, 0) is 24.0 Å². The van der Waals surface area contributed by atoms with E-state index < -0.39 is 41.5 Å². The number of H-pyrrole nitrogens is 2. The first kappa shape index (κ1) is 27.3. The lowest BCUT2D eigenvalue weighted by Gasteiger charge is -2.27. The molecule has 0 bridgehead atoms. The molecule has 0 aliphatic carbocycles. The first-order valence-corrected chi connectivity index (χ1v) is 12.0. The highest BCUT2D eigenvalue weighted by Crippen LogP contribution is 2.10.